The summed E-state index contributed by atoms with van der Waals surface area (Å²) in [7, 11) is 0. The quantitative estimate of drug-likeness (QED) is 0.876. The lowest BCUT2D eigenvalue weighted by molar-refractivity contribution is 0.270. The third-order valence-corrected chi connectivity index (χ3v) is 4.26. The molecule has 3 N–H and O–H groups in total. The first-order valence-electron chi connectivity index (χ1n) is 7.57. The summed E-state index contributed by atoms with van der Waals surface area (Å²) >= 11 is 0. The molecule has 0 aliphatic carbocycles. The highest BCUT2D eigenvalue weighted by molar-refractivity contribution is 5.30. The van der Waals surface area contributed by atoms with E-state index in [1.807, 2.05) is 12.1 Å². The Balaban J connectivity index is 1.61. The van der Waals surface area contributed by atoms with Gasteiger partial charge in [0.1, 0.15) is 11.6 Å². The summed E-state index contributed by atoms with van der Waals surface area (Å²) in [6, 6.07) is 3.89. The van der Waals surface area contributed by atoms with Crippen molar-refractivity contribution in [3.05, 3.63) is 30.0 Å². The Hall–Kier alpha value is -1.82. The smallest absolute Gasteiger partial charge is 0.244 e. The Morgan fingerprint density at radius 3 is 3.14 bits per heavy atom. The van der Waals surface area contributed by atoms with Crippen LogP contribution in [-0.4, -0.2) is 34.8 Å². The number of rotatable bonds is 5. The van der Waals surface area contributed by atoms with Gasteiger partial charge in [0.2, 0.25) is 5.95 Å². The maximum Gasteiger partial charge on any atom is 0.244 e. The Morgan fingerprint density at radius 1 is 1.48 bits per heavy atom. The molecule has 0 spiro atoms. The number of hydrogen-bond donors (Lipinski definition) is 2. The van der Waals surface area contributed by atoms with E-state index >= 15 is 0 Å². The Morgan fingerprint density at radius 2 is 2.38 bits per heavy atom. The van der Waals surface area contributed by atoms with Gasteiger partial charge in [-0.05, 0) is 36.9 Å². The highest BCUT2D eigenvalue weighted by Crippen LogP contribution is 2.29. The lowest BCUT2D eigenvalue weighted by atomic mass is 9.82. The molecule has 2 aromatic rings. The lowest BCUT2D eigenvalue weighted by Gasteiger charge is -2.39. The molecule has 1 aliphatic heterocycles. The number of furan rings is 1. The van der Waals surface area contributed by atoms with E-state index in [1.54, 1.807) is 6.26 Å². The predicted octanol–water partition coefficient (Wildman–Crippen LogP) is 1.75. The number of anilines is 1. The third kappa shape index (κ3) is 3.26. The van der Waals surface area contributed by atoms with E-state index in [-0.39, 0.29) is 5.41 Å². The normalized spacial score (nSPS) is 22.7. The maximum atomic E-state index is 5.90. The summed E-state index contributed by atoms with van der Waals surface area (Å²) in [5, 5.41) is 7.39. The topological polar surface area (TPSA) is 84.0 Å². The van der Waals surface area contributed by atoms with E-state index < -0.39 is 0 Å². The molecule has 3 heterocycles. The number of piperidine rings is 1. The van der Waals surface area contributed by atoms with Gasteiger partial charge in [0.05, 0.1) is 6.26 Å². The van der Waals surface area contributed by atoms with Gasteiger partial charge in [0, 0.05) is 25.9 Å². The zero-order valence-electron chi connectivity index (χ0n) is 12.5. The van der Waals surface area contributed by atoms with Crippen molar-refractivity contribution in [3.63, 3.8) is 0 Å². The number of aromatic nitrogens is 3. The molecule has 1 unspecified atom stereocenters. The molecule has 0 aromatic carbocycles. The number of nitrogens with zero attached hydrogens (tertiary/aromatic N) is 3. The summed E-state index contributed by atoms with van der Waals surface area (Å²) in [5.41, 5.74) is 6.07. The Labute approximate surface area is 124 Å². The molecule has 3 rings (SSSR count). The van der Waals surface area contributed by atoms with Crippen LogP contribution in [0, 0.1) is 5.41 Å². The summed E-state index contributed by atoms with van der Waals surface area (Å²) in [5.74, 6) is 2.67. The molecule has 1 aliphatic rings. The van der Waals surface area contributed by atoms with Crippen LogP contribution >= 0.6 is 0 Å². The molecule has 114 valence electrons. The molecule has 1 atom stereocenters. The number of aryl methyl sites for hydroxylation is 2. The van der Waals surface area contributed by atoms with Crippen molar-refractivity contribution in [1.29, 1.82) is 0 Å². The summed E-state index contributed by atoms with van der Waals surface area (Å²) < 4.78 is 5.33. The summed E-state index contributed by atoms with van der Waals surface area (Å²) in [6.07, 6.45) is 5.66. The number of nitrogens with one attached hydrogen (secondary N) is 1. The Kier molecular flexibility index (Phi) is 3.96. The molecular formula is C15H23N5O. The predicted molar refractivity (Wildman–Crippen MR) is 81.1 cm³/mol. The van der Waals surface area contributed by atoms with Crippen molar-refractivity contribution in [2.24, 2.45) is 11.1 Å². The second-order valence-electron chi connectivity index (χ2n) is 6.20. The van der Waals surface area contributed by atoms with Crippen LogP contribution in [0.1, 0.15) is 31.4 Å². The molecule has 2 aromatic heterocycles. The van der Waals surface area contributed by atoms with Gasteiger partial charge in [-0.2, -0.15) is 4.98 Å². The van der Waals surface area contributed by atoms with Crippen molar-refractivity contribution < 1.29 is 4.42 Å². The highest BCUT2D eigenvalue weighted by Gasteiger charge is 2.31. The fraction of sp³-hybridized carbons (Fsp3) is 0.600. The van der Waals surface area contributed by atoms with E-state index in [9.17, 15) is 0 Å². The summed E-state index contributed by atoms with van der Waals surface area (Å²) in [6.45, 7) is 4.88. The molecule has 6 nitrogen and oxygen atoms in total. The van der Waals surface area contributed by atoms with E-state index in [0.717, 1.165) is 49.9 Å². The minimum absolute atomic E-state index is 0.174. The van der Waals surface area contributed by atoms with E-state index in [0.29, 0.717) is 6.54 Å². The van der Waals surface area contributed by atoms with E-state index in [1.165, 1.54) is 6.42 Å². The standard InChI is InChI=1S/C15H23N5O/c1-15(10-16)7-3-8-20(11-15)14-17-13(18-19-14)6-5-12-4-2-9-21-12/h2,4,9H,3,5-8,10-11,16H2,1H3,(H,17,18,19). The highest BCUT2D eigenvalue weighted by atomic mass is 16.3. The van der Waals surface area contributed by atoms with Crippen molar-refractivity contribution in [1.82, 2.24) is 15.2 Å². The molecule has 1 saturated heterocycles. The molecule has 0 bridgehead atoms. The molecule has 21 heavy (non-hydrogen) atoms. The van der Waals surface area contributed by atoms with Gasteiger partial charge in [-0.15, -0.1) is 5.10 Å². The average molecular weight is 289 g/mol. The monoisotopic (exact) mass is 289 g/mol. The average Bonchev–Trinajstić information content (AvgIpc) is 3.17. The van der Waals surface area contributed by atoms with Gasteiger partial charge in [-0.3, -0.25) is 5.10 Å². The van der Waals surface area contributed by atoms with E-state index in [4.69, 9.17) is 10.2 Å². The first-order chi connectivity index (χ1) is 10.2. The van der Waals surface area contributed by atoms with Crippen LogP contribution in [0.25, 0.3) is 0 Å². The van der Waals surface area contributed by atoms with Gasteiger partial charge >= 0.3 is 0 Å². The molecule has 0 radical (unpaired) electrons. The number of aromatic amines is 1. The van der Waals surface area contributed by atoms with Gasteiger partial charge in [-0.1, -0.05) is 6.92 Å². The molecular weight excluding hydrogens is 266 g/mol. The number of nitrogens with two attached hydrogens (primary N) is 1. The number of H-pyrrole nitrogens is 1. The largest absolute Gasteiger partial charge is 0.469 e. The zero-order chi connectivity index (χ0) is 14.7. The van der Waals surface area contributed by atoms with Crippen molar-refractivity contribution in [2.75, 3.05) is 24.5 Å². The van der Waals surface area contributed by atoms with E-state index in [2.05, 4.69) is 27.0 Å². The van der Waals surface area contributed by atoms with Gasteiger partial charge in [0.25, 0.3) is 0 Å². The SMILES string of the molecule is CC1(CN)CCCN(c2n[nH]c(CCc3ccco3)n2)C1. The van der Waals surface area contributed by atoms with Gasteiger partial charge in [-0.25, -0.2) is 0 Å². The van der Waals surface area contributed by atoms with Gasteiger partial charge < -0.3 is 15.1 Å². The van der Waals surface area contributed by atoms with Crippen molar-refractivity contribution in [2.45, 2.75) is 32.6 Å². The molecule has 6 heteroatoms. The second-order valence-corrected chi connectivity index (χ2v) is 6.20. The van der Waals surface area contributed by atoms with Gasteiger partial charge in [0.15, 0.2) is 0 Å². The summed E-state index contributed by atoms with van der Waals surface area (Å²) in [4.78, 5) is 6.85. The van der Waals surface area contributed by atoms with Crippen LogP contribution in [0.3, 0.4) is 0 Å². The van der Waals surface area contributed by atoms with Crippen LogP contribution < -0.4 is 10.6 Å². The second kappa shape index (κ2) is 5.89. The van der Waals surface area contributed by atoms with Crippen molar-refractivity contribution >= 4 is 5.95 Å². The first kappa shape index (κ1) is 14.1. The van der Waals surface area contributed by atoms with Crippen LogP contribution in [0.5, 0.6) is 0 Å². The fourth-order valence-corrected chi connectivity index (χ4v) is 2.89. The van der Waals surface area contributed by atoms with Crippen LogP contribution in [0.2, 0.25) is 0 Å². The van der Waals surface area contributed by atoms with Crippen LogP contribution in [-0.2, 0) is 12.8 Å². The number of hydrogen-bond acceptors (Lipinski definition) is 5. The minimum Gasteiger partial charge on any atom is -0.469 e. The lowest BCUT2D eigenvalue weighted by Crippen LogP contribution is -2.46. The first-order valence-corrected chi connectivity index (χ1v) is 7.57. The van der Waals surface area contributed by atoms with Crippen LogP contribution in [0.15, 0.2) is 22.8 Å². The molecule has 0 amide bonds. The fourth-order valence-electron chi connectivity index (χ4n) is 2.89. The zero-order valence-corrected chi connectivity index (χ0v) is 12.5. The maximum absolute atomic E-state index is 5.90. The minimum atomic E-state index is 0.174. The molecule has 1 fully saturated rings. The Bertz CT molecular complexity index is 564. The van der Waals surface area contributed by atoms with Crippen molar-refractivity contribution in [3.8, 4) is 0 Å². The third-order valence-electron chi connectivity index (χ3n) is 4.26. The molecule has 0 saturated carbocycles. The van der Waals surface area contributed by atoms with Crippen LogP contribution in [0.4, 0.5) is 5.95 Å².